The van der Waals surface area contributed by atoms with Crippen LogP contribution in [0.4, 0.5) is 4.79 Å². The lowest BCUT2D eigenvalue weighted by Gasteiger charge is -2.49. The van der Waals surface area contributed by atoms with Gasteiger partial charge in [0.05, 0.1) is 44.7 Å². The van der Waals surface area contributed by atoms with Crippen LogP contribution in [0.1, 0.15) is 147 Å². The van der Waals surface area contributed by atoms with Gasteiger partial charge in [0.2, 0.25) is 17.7 Å². The van der Waals surface area contributed by atoms with Crippen LogP contribution in [-0.2, 0) is 84.6 Å². The van der Waals surface area contributed by atoms with Gasteiger partial charge in [0.15, 0.2) is 42.8 Å². The molecule has 7 unspecified atom stereocenters. The van der Waals surface area contributed by atoms with Gasteiger partial charge < -0.3 is 116 Å². The number of phosphoric ester groups is 1. The minimum atomic E-state index is -5.32. The molecule has 35 nitrogen and oxygen atoms in total. The van der Waals surface area contributed by atoms with Gasteiger partial charge in [0.25, 0.3) is 5.91 Å². The number of unbranched alkanes of at least 4 members (excludes halogenated alkanes) is 13. The Morgan fingerprint density at radius 3 is 1.85 bits per heavy atom. The number of ether oxygens (including phenoxy) is 9. The molecule has 5 aliphatic rings. The molecule has 5 aliphatic heterocycles. The molecule has 3 fully saturated rings. The number of nitrogens with one attached hydrogen (secondary N) is 3. The van der Waals surface area contributed by atoms with Crippen LogP contribution in [0.25, 0.3) is 0 Å². The zero-order valence-electron chi connectivity index (χ0n) is 55.6. The van der Waals surface area contributed by atoms with E-state index in [1.54, 1.807) is 0 Å². The number of nitrogens with zero attached hydrogens (tertiary/aromatic N) is 3. The highest BCUT2D eigenvalue weighted by atomic mass is 31.2. The number of amides is 5. The third kappa shape index (κ3) is 19.2. The number of carbonyl (C=O) groups excluding carboxylic acids is 6. The maximum Gasteiger partial charge on any atom is 0.474 e. The highest BCUT2D eigenvalue weighted by molar-refractivity contribution is 7.47. The predicted molar refractivity (Wildman–Crippen MR) is 344 cm³/mol. The number of phenols is 2. The number of aliphatic hydroxyl groups excluding tert-OH is 6. The normalized spacial score (nSPS) is 27.0. The molecule has 0 bridgehead atoms. The summed E-state index contributed by atoms with van der Waals surface area (Å²) in [6.45, 7) is -0.156. The fraction of sp³-hybridized carbons (Fsp3) is 0.600. The Kier molecular flexibility index (Phi) is 27.3. The number of aromatic nitrogens is 3. The molecule has 556 valence electrons. The molecular weight excluding hydrogens is 1360 g/mol. The highest BCUT2D eigenvalue weighted by Gasteiger charge is 2.58. The second kappa shape index (κ2) is 35.6. The number of phenolic OH excluding ortho intramolecular Hbond substituents is 2. The summed E-state index contributed by atoms with van der Waals surface area (Å²) < 4.78 is 77.4. The van der Waals surface area contributed by atoms with E-state index in [9.17, 15) is 79.1 Å². The van der Waals surface area contributed by atoms with Gasteiger partial charge in [-0.2, -0.15) is 0 Å². The van der Waals surface area contributed by atoms with E-state index in [4.69, 9.17) is 63.1 Å². The van der Waals surface area contributed by atoms with Crippen molar-refractivity contribution < 1.29 is 131 Å². The standard InChI is InChI=1S/C65H89N8O27P/c1-3-4-5-6-7-8-9-10-11-12-13-14-15-16-23-90-24-25-91-101(88,89)100-63-57(55(98-64(67)87)53(83)56(96-63)58(66)84)97-62-49(69-34(2)76)52(82)54(46(33-75)94-62)95-61-48(51(81)50(80)45(32-74)93-61)70-47(79)31-73-30-36(71-72-73)29-68-59(85)35-17-20-40-39(26-35)60(86)99-65(40)41-21-18-37(77)27-43(41)92-44-28-38(78)19-22-42(44)65/h17-22,26-28,30,45-46,48-57,61-63,74-75,77-78,80-83H,3-16,23-25,29,31-33H2,1-2H3,(H2,66,84)(H2,67,87)(H,68,85)(H,69,76)(H,70,79)(H,88,89)/t45?,46?,48?,49?,50-,51+,52+,53-,54+,55-,56?,57?,61-,62-,63+/m0/s1. The van der Waals surface area contributed by atoms with Gasteiger partial charge in [-0.05, 0) is 42.8 Å². The van der Waals surface area contributed by atoms with Crippen molar-refractivity contribution in [1.29, 1.82) is 0 Å². The number of aromatic hydroxyl groups is 2. The minimum Gasteiger partial charge on any atom is -0.508 e. The Labute approximate surface area is 579 Å². The maximum absolute atomic E-state index is 13.8. The quantitative estimate of drug-likeness (QED) is 0.0172. The van der Waals surface area contributed by atoms with Crippen LogP contribution in [0.2, 0.25) is 0 Å². The Morgan fingerprint density at radius 1 is 0.673 bits per heavy atom. The summed E-state index contributed by atoms with van der Waals surface area (Å²) >= 11 is 0. The number of hydrogen-bond donors (Lipinski definition) is 14. The van der Waals surface area contributed by atoms with E-state index in [0.717, 1.165) is 37.3 Å². The number of carbonyl (C=O) groups is 6. The molecule has 101 heavy (non-hydrogen) atoms. The summed E-state index contributed by atoms with van der Waals surface area (Å²) in [5.74, 6) is -4.64. The average molecular weight is 1450 g/mol. The second-order valence-corrected chi connectivity index (χ2v) is 26.6. The van der Waals surface area contributed by atoms with Crippen molar-refractivity contribution in [2.75, 3.05) is 33.0 Å². The number of hydrogen-bond acceptors (Lipinski definition) is 28. The Balaban J connectivity index is 0.814. The van der Waals surface area contributed by atoms with Gasteiger partial charge in [-0.15, -0.1) is 5.10 Å². The predicted octanol–water partition coefficient (Wildman–Crippen LogP) is 1.13. The SMILES string of the molecule is CCCCCCCCCCCCCCCCOCCOP(=O)(O)O[C@H]1OC(C(N)=O)[C@@H](O)[C@H](OC(N)=O)C1O[C@@H]1OC(CO)[C@@H](O[C@@H]2OC(CO)[C@H](O)[C@H](O)C2NC(=O)Cn2cc(CNC(=O)c3ccc4c(c3)C(=O)OC43c4ccc(O)cc4Oc4cc(O)ccc43)nn2)[C@H](O)C1NC(C)=O. The summed E-state index contributed by atoms with van der Waals surface area (Å²) in [6, 6.07) is 9.19. The van der Waals surface area contributed by atoms with Gasteiger partial charge in [-0.25, -0.2) is 18.8 Å². The fourth-order valence-corrected chi connectivity index (χ4v) is 13.6. The van der Waals surface area contributed by atoms with Crippen LogP contribution in [-0.4, -0.2) is 221 Å². The topological polar surface area (TPSA) is 522 Å². The molecule has 0 aliphatic carbocycles. The third-order valence-electron chi connectivity index (χ3n) is 17.8. The van der Waals surface area contributed by atoms with E-state index < -0.39 is 167 Å². The monoisotopic (exact) mass is 1440 g/mol. The summed E-state index contributed by atoms with van der Waals surface area (Å²) in [6.07, 6.45) is -10.7. The average Bonchev–Trinajstić information content (AvgIpc) is 1.60. The summed E-state index contributed by atoms with van der Waals surface area (Å²) in [5, 5.41) is 103. The zero-order valence-corrected chi connectivity index (χ0v) is 56.5. The number of primary amides is 2. The lowest BCUT2D eigenvalue weighted by Crippen LogP contribution is -2.70. The van der Waals surface area contributed by atoms with Crippen LogP contribution in [0.15, 0.2) is 60.8 Å². The van der Waals surface area contributed by atoms with Gasteiger partial charge in [-0.3, -0.25) is 28.2 Å². The number of esters is 1. The van der Waals surface area contributed by atoms with Crippen molar-refractivity contribution in [3.05, 3.63) is 94.3 Å². The van der Waals surface area contributed by atoms with Crippen molar-refractivity contribution in [2.45, 2.75) is 214 Å². The molecule has 3 aromatic carbocycles. The largest absolute Gasteiger partial charge is 0.508 e. The molecule has 1 aromatic heterocycles. The Bertz CT molecular complexity index is 3500. The lowest BCUT2D eigenvalue weighted by atomic mass is 9.77. The second-order valence-electron chi connectivity index (χ2n) is 25.2. The van der Waals surface area contributed by atoms with Crippen LogP contribution < -0.4 is 32.2 Å². The lowest BCUT2D eigenvalue weighted by molar-refractivity contribution is -0.357. The molecule has 16 N–H and O–H groups in total. The first-order chi connectivity index (χ1) is 48.4. The molecule has 9 rings (SSSR count). The summed E-state index contributed by atoms with van der Waals surface area (Å²) in [5.41, 5.74) is 10.6. The van der Waals surface area contributed by atoms with Crippen molar-refractivity contribution >= 4 is 43.5 Å². The van der Waals surface area contributed by atoms with E-state index in [0.29, 0.717) is 29.7 Å². The van der Waals surface area contributed by atoms with E-state index in [-0.39, 0.29) is 53.0 Å². The first-order valence-electron chi connectivity index (χ1n) is 33.5. The number of rotatable bonds is 36. The molecule has 0 radical (unpaired) electrons. The molecule has 4 aromatic rings. The van der Waals surface area contributed by atoms with E-state index in [1.807, 2.05) is 0 Å². The molecule has 16 atom stereocenters. The molecular formula is C65H89N8O27P. The number of nitrogens with two attached hydrogens (primary N) is 2. The van der Waals surface area contributed by atoms with Crippen molar-refractivity contribution in [1.82, 2.24) is 30.9 Å². The Morgan fingerprint density at radius 2 is 1.26 bits per heavy atom. The number of aliphatic hydroxyl groups is 6. The number of fused-ring (bicyclic) bond motifs is 6. The highest BCUT2D eigenvalue weighted by Crippen LogP contribution is 2.57. The molecule has 3 saturated heterocycles. The summed E-state index contributed by atoms with van der Waals surface area (Å²) in [7, 11) is -5.32. The van der Waals surface area contributed by atoms with Crippen molar-refractivity contribution in [3.63, 3.8) is 0 Å². The first-order valence-corrected chi connectivity index (χ1v) is 35.0. The molecule has 5 amide bonds. The summed E-state index contributed by atoms with van der Waals surface area (Å²) in [4.78, 5) is 90.0. The minimum absolute atomic E-state index is 0.0337. The smallest absolute Gasteiger partial charge is 0.474 e. The van der Waals surface area contributed by atoms with Crippen molar-refractivity contribution in [3.8, 4) is 23.0 Å². The van der Waals surface area contributed by atoms with Gasteiger partial charge in [0, 0.05) is 47.9 Å². The van der Waals surface area contributed by atoms with Crippen LogP contribution in [0, 0.1) is 0 Å². The van der Waals surface area contributed by atoms with Gasteiger partial charge in [-0.1, -0.05) is 102 Å². The van der Waals surface area contributed by atoms with Gasteiger partial charge in [0.1, 0.15) is 90.0 Å². The third-order valence-corrected chi connectivity index (χ3v) is 18.8. The van der Waals surface area contributed by atoms with E-state index in [1.165, 1.54) is 119 Å². The van der Waals surface area contributed by atoms with Crippen LogP contribution >= 0.6 is 7.82 Å². The Hall–Kier alpha value is -7.55. The fourth-order valence-electron chi connectivity index (χ4n) is 12.8. The molecule has 6 heterocycles. The first kappa shape index (κ1) is 77.6. The van der Waals surface area contributed by atoms with Crippen LogP contribution in [0.3, 0.4) is 0 Å². The molecule has 1 spiro atoms. The maximum atomic E-state index is 13.8. The van der Waals surface area contributed by atoms with Crippen LogP contribution in [0.5, 0.6) is 23.0 Å². The zero-order chi connectivity index (χ0) is 72.7. The van der Waals surface area contributed by atoms with E-state index >= 15 is 0 Å². The molecule has 36 heteroatoms. The van der Waals surface area contributed by atoms with Gasteiger partial charge >= 0.3 is 19.9 Å². The number of benzene rings is 3. The van der Waals surface area contributed by atoms with E-state index in [2.05, 4.69) is 33.2 Å². The number of phosphoric acid groups is 1. The van der Waals surface area contributed by atoms with Crippen molar-refractivity contribution in [2.24, 2.45) is 11.5 Å². The molecule has 0 saturated carbocycles.